The van der Waals surface area contributed by atoms with Crippen molar-refractivity contribution in [2.45, 2.75) is 57.5 Å². The molecule has 2 aromatic rings. The van der Waals surface area contributed by atoms with Crippen LogP contribution in [0.2, 0.25) is 0 Å². The third-order valence-corrected chi connectivity index (χ3v) is 5.86. The molecular weight excluding hydrogens is 394 g/mol. The zero-order valence-electron chi connectivity index (χ0n) is 17.3. The van der Waals surface area contributed by atoms with Crippen LogP contribution in [0.3, 0.4) is 0 Å². The average molecular weight is 419 g/mol. The smallest absolute Gasteiger partial charge is 0.255 e. The predicted octanol–water partition coefficient (Wildman–Crippen LogP) is 3.08. The molecule has 0 radical (unpaired) electrons. The lowest BCUT2D eigenvalue weighted by molar-refractivity contribution is -0.124. The molecule has 0 spiro atoms. The zero-order valence-corrected chi connectivity index (χ0v) is 17.3. The lowest BCUT2D eigenvalue weighted by Crippen LogP contribution is -2.41. The van der Waals surface area contributed by atoms with E-state index in [9.17, 15) is 19.2 Å². The van der Waals surface area contributed by atoms with Gasteiger partial charge in [0, 0.05) is 48.9 Å². The number of fused-ring (bicyclic) bond motifs is 1. The van der Waals surface area contributed by atoms with Crippen LogP contribution in [0.5, 0.6) is 0 Å². The summed E-state index contributed by atoms with van der Waals surface area (Å²) in [6, 6.07) is 10.0. The van der Waals surface area contributed by atoms with Gasteiger partial charge in [-0.15, -0.1) is 0 Å². The molecule has 1 aliphatic carbocycles. The summed E-state index contributed by atoms with van der Waals surface area (Å²) in [5.41, 5.74) is 2.60. The summed E-state index contributed by atoms with van der Waals surface area (Å²) in [5, 5.41) is 2.85. The Balaban J connectivity index is 1.46. The number of Topliss-reactive ketones (excluding diaryl/α,β-unsaturated/α-hetero) is 2. The summed E-state index contributed by atoms with van der Waals surface area (Å²) < 4.78 is 0. The third-order valence-electron chi connectivity index (χ3n) is 5.86. The number of nitrogens with zero attached hydrogens (tertiary/aromatic N) is 2. The van der Waals surface area contributed by atoms with Crippen LogP contribution in [0.25, 0.3) is 0 Å². The molecule has 0 saturated heterocycles. The summed E-state index contributed by atoms with van der Waals surface area (Å²) in [7, 11) is 0. The van der Waals surface area contributed by atoms with Crippen LogP contribution in [0.1, 0.15) is 60.1 Å². The Bertz CT molecular complexity index is 1020. The van der Waals surface area contributed by atoms with E-state index in [2.05, 4.69) is 10.3 Å². The van der Waals surface area contributed by atoms with Gasteiger partial charge in [0.25, 0.3) is 5.91 Å². The van der Waals surface area contributed by atoms with Gasteiger partial charge >= 0.3 is 0 Å². The van der Waals surface area contributed by atoms with Gasteiger partial charge in [-0.1, -0.05) is 6.07 Å². The van der Waals surface area contributed by atoms with Crippen molar-refractivity contribution in [3.63, 3.8) is 0 Å². The van der Waals surface area contributed by atoms with Crippen LogP contribution in [0.4, 0.5) is 5.69 Å². The van der Waals surface area contributed by atoms with Crippen LogP contribution in [0, 0.1) is 0 Å². The highest BCUT2D eigenvalue weighted by Gasteiger charge is 2.36. The minimum Gasteiger partial charge on any atom is -0.326 e. The van der Waals surface area contributed by atoms with Crippen LogP contribution >= 0.6 is 0 Å². The number of aromatic nitrogens is 1. The second kappa shape index (κ2) is 9.20. The number of hydrogen-bond donors (Lipinski definition) is 1. The SMILES string of the molecule is O=C1CCCCC(=O)C(N2Cc3cc(NC(=O)Cc4ccccn4)ccc3C2=O)CC1. The van der Waals surface area contributed by atoms with Crippen molar-refractivity contribution in [3.05, 3.63) is 59.4 Å². The second-order valence-corrected chi connectivity index (χ2v) is 8.12. The second-order valence-electron chi connectivity index (χ2n) is 8.12. The summed E-state index contributed by atoms with van der Waals surface area (Å²) in [5.74, 6) is -0.197. The summed E-state index contributed by atoms with van der Waals surface area (Å²) >= 11 is 0. The van der Waals surface area contributed by atoms with Crippen molar-refractivity contribution in [3.8, 4) is 0 Å². The summed E-state index contributed by atoms with van der Waals surface area (Å²) in [4.78, 5) is 55.8. The number of ketones is 2. The van der Waals surface area contributed by atoms with E-state index in [1.165, 1.54) is 0 Å². The molecule has 1 unspecified atom stereocenters. The van der Waals surface area contributed by atoms with Gasteiger partial charge in [-0.2, -0.15) is 0 Å². The van der Waals surface area contributed by atoms with Crippen LogP contribution in [0.15, 0.2) is 42.6 Å². The number of nitrogens with one attached hydrogen (secondary N) is 1. The fraction of sp³-hybridized carbons (Fsp3) is 0.375. The van der Waals surface area contributed by atoms with Gasteiger partial charge in [0.15, 0.2) is 5.78 Å². The molecule has 1 fully saturated rings. The Morgan fingerprint density at radius 3 is 2.71 bits per heavy atom. The molecule has 1 aromatic carbocycles. The molecule has 1 saturated carbocycles. The quantitative estimate of drug-likeness (QED) is 0.822. The van der Waals surface area contributed by atoms with Crippen molar-refractivity contribution in [1.29, 1.82) is 0 Å². The van der Waals surface area contributed by atoms with E-state index in [1.807, 2.05) is 6.07 Å². The zero-order chi connectivity index (χ0) is 21.8. The van der Waals surface area contributed by atoms with E-state index < -0.39 is 6.04 Å². The molecule has 2 amide bonds. The van der Waals surface area contributed by atoms with E-state index in [4.69, 9.17) is 0 Å². The molecule has 2 heterocycles. The van der Waals surface area contributed by atoms with Crippen LogP contribution < -0.4 is 5.32 Å². The maximum absolute atomic E-state index is 13.0. The summed E-state index contributed by atoms with van der Waals surface area (Å²) in [6.45, 7) is 0.308. The van der Waals surface area contributed by atoms with Gasteiger partial charge in [-0.05, 0) is 55.2 Å². The first-order valence-electron chi connectivity index (χ1n) is 10.7. The minimum absolute atomic E-state index is 0.0275. The maximum atomic E-state index is 13.0. The molecule has 7 nitrogen and oxygen atoms in total. The standard InChI is InChI=1S/C24H25N3O4/c28-19-6-1-2-7-22(29)21(11-9-19)27-15-16-13-18(8-10-20(16)24(27)31)26-23(30)14-17-5-3-4-12-25-17/h3-5,8,10,12-13,21H,1-2,6-7,9,11,14-15H2,(H,26,30). The van der Waals surface area contributed by atoms with E-state index in [0.29, 0.717) is 55.6 Å². The Hall–Kier alpha value is -3.35. The number of pyridine rings is 1. The van der Waals surface area contributed by atoms with Crippen molar-refractivity contribution < 1.29 is 19.2 Å². The van der Waals surface area contributed by atoms with E-state index in [0.717, 1.165) is 12.0 Å². The summed E-state index contributed by atoms with van der Waals surface area (Å²) in [6.07, 6.45) is 4.83. The molecule has 2 aliphatic rings. The molecule has 1 atom stereocenters. The molecular formula is C24H25N3O4. The number of amides is 2. The molecule has 4 rings (SSSR count). The van der Waals surface area contributed by atoms with Crippen molar-refractivity contribution in [1.82, 2.24) is 9.88 Å². The predicted molar refractivity (Wildman–Crippen MR) is 114 cm³/mol. The first-order valence-corrected chi connectivity index (χ1v) is 10.7. The maximum Gasteiger partial charge on any atom is 0.255 e. The normalized spacial score (nSPS) is 19.4. The molecule has 7 heteroatoms. The molecule has 1 aromatic heterocycles. The Labute approximate surface area is 180 Å². The van der Waals surface area contributed by atoms with Gasteiger partial charge in [0.1, 0.15) is 5.78 Å². The number of hydrogen-bond acceptors (Lipinski definition) is 5. The molecule has 1 N–H and O–H groups in total. The third kappa shape index (κ3) is 4.87. The number of rotatable bonds is 4. The first-order chi connectivity index (χ1) is 15.0. The van der Waals surface area contributed by atoms with Crippen molar-refractivity contribution in [2.75, 3.05) is 5.32 Å². The van der Waals surface area contributed by atoms with Gasteiger partial charge in [-0.3, -0.25) is 24.2 Å². The first kappa shape index (κ1) is 20.9. The number of carbonyl (C=O) groups excluding carboxylic acids is 4. The Kier molecular flexibility index (Phi) is 6.21. The molecule has 160 valence electrons. The van der Waals surface area contributed by atoms with Gasteiger partial charge in [-0.25, -0.2) is 0 Å². The highest BCUT2D eigenvalue weighted by atomic mass is 16.2. The number of carbonyl (C=O) groups is 4. The average Bonchev–Trinajstić information content (AvgIpc) is 3.10. The monoisotopic (exact) mass is 419 g/mol. The Morgan fingerprint density at radius 1 is 1.06 bits per heavy atom. The lowest BCUT2D eigenvalue weighted by atomic mass is 10.0. The van der Waals surface area contributed by atoms with Gasteiger partial charge in [0.05, 0.1) is 12.5 Å². The van der Waals surface area contributed by atoms with E-state index >= 15 is 0 Å². The topological polar surface area (TPSA) is 96.4 Å². The molecule has 31 heavy (non-hydrogen) atoms. The van der Waals surface area contributed by atoms with Crippen molar-refractivity contribution >= 4 is 29.1 Å². The highest BCUT2D eigenvalue weighted by molar-refractivity contribution is 6.02. The van der Waals surface area contributed by atoms with Crippen LogP contribution in [-0.2, 0) is 27.3 Å². The fourth-order valence-corrected chi connectivity index (χ4v) is 4.25. The largest absolute Gasteiger partial charge is 0.326 e. The fourth-order valence-electron chi connectivity index (χ4n) is 4.25. The number of benzene rings is 1. The van der Waals surface area contributed by atoms with Crippen molar-refractivity contribution in [2.24, 2.45) is 0 Å². The molecule has 0 bridgehead atoms. The van der Waals surface area contributed by atoms with Gasteiger partial charge in [0.2, 0.25) is 5.91 Å². The van der Waals surface area contributed by atoms with E-state index in [-0.39, 0.29) is 29.8 Å². The van der Waals surface area contributed by atoms with Crippen LogP contribution in [-0.4, -0.2) is 39.3 Å². The van der Waals surface area contributed by atoms with E-state index in [1.54, 1.807) is 41.4 Å². The Morgan fingerprint density at radius 2 is 1.90 bits per heavy atom. The lowest BCUT2D eigenvalue weighted by Gasteiger charge is -2.26. The molecule has 1 aliphatic heterocycles. The van der Waals surface area contributed by atoms with Gasteiger partial charge < -0.3 is 10.2 Å². The number of anilines is 1. The highest BCUT2D eigenvalue weighted by Crippen LogP contribution is 2.30. The minimum atomic E-state index is -0.566.